The Kier molecular flexibility index (Phi) is 7.35. The van der Waals surface area contributed by atoms with Gasteiger partial charge in [0.1, 0.15) is 5.82 Å². The standard InChI is InChI=1S/C24H30F4N4O3/c1-31-8-9-32(23(35)14-6-7-18(19(25)10-14)24(26,27)28)15(13-31)12-29-22(34)17-11-21(33)30-20-5-3-2-4-16(17)20/h6-7,10,15-17,20H,2-5,8-9,11-13H2,1H3,(H,29,34)(H,30,33). The Morgan fingerprint density at radius 1 is 1.17 bits per heavy atom. The summed E-state index contributed by atoms with van der Waals surface area (Å²) in [6.07, 6.45) is -0.949. The molecule has 1 aromatic carbocycles. The molecule has 1 aromatic rings. The topological polar surface area (TPSA) is 81.8 Å². The molecule has 2 heterocycles. The molecule has 1 aliphatic carbocycles. The SMILES string of the molecule is CN1CCN(C(=O)c2ccc(C(F)(F)F)c(F)c2)C(CNC(=O)C2CC(=O)NC3CCCCC32)C1. The number of hydrogen-bond acceptors (Lipinski definition) is 4. The Bertz CT molecular complexity index is 986. The first-order valence-corrected chi connectivity index (χ1v) is 12.0. The van der Waals surface area contributed by atoms with E-state index in [4.69, 9.17) is 0 Å². The number of fused-ring (bicyclic) bond motifs is 1. The van der Waals surface area contributed by atoms with Crippen LogP contribution in [-0.2, 0) is 15.8 Å². The number of piperazine rings is 1. The van der Waals surface area contributed by atoms with Crippen LogP contribution in [-0.4, -0.2) is 72.8 Å². The van der Waals surface area contributed by atoms with E-state index < -0.39 is 35.4 Å². The maximum atomic E-state index is 14.1. The van der Waals surface area contributed by atoms with E-state index in [2.05, 4.69) is 10.6 Å². The summed E-state index contributed by atoms with van der Waals surface area (Å²) in [7, 11) is 1.87. The molecule has 0 radical (unpaired) electrons. The second-order valence-corrected chi connectivity index (χ2v) is 9.79. The minimum atomic E-state index is -4.85. The van der Waals surface area contributed by atoms with Crippen molar-refractivity contribution in [1.82, 2.24) is 20.4 Å². The van der Waals surface area contributed by atoms with Gasteiger partial charge in [0.2, 0.25) is 11.8 Å². The van der Waals surface area contributed by atoms with E-state index in [1.807, 2.05) is 11.9 Å². The summed E-state index contributed by atoms with van der Waals surface area (Å²) in [6, 6.07) is 1.73. The Morgan fingerprint density at radius 3 is 2.63 bits per heavy atom. The Hall–Kier alpha value is -2.69. The molecule has 0 spiro atoms. The van der Waals surface area contributed by atoms with E-state index in [9.17, 15) is 31.9 Å². The Balaban J connectivity index is 1.45. The van der Waals surface area contributed by atoms with Crippen LogP contribution in [0.4, 0.5) is 17.6 Å². The van der Waals surface area contributed by atoms with Gasteiger partial charge in [0, 0.05) is 44.2 Å². The molecule has 3 aliphatic rings. The summed E-state index contributed by atoms with van der Waals surface area (Å²) in [4.78, 5) is 41.8. The highest BCUT2D eigenvalue weighted by atomic mass is 19.4. The molecule has 3 amide bonds. The van der Waals surface area contributed by atoms with Crippen LogP contribution < -0.4 is 10.6 Å². The second kappa shape index (κ2) is 10.1. The van der Waals surface area contributed by atoms with Crippen molar-refractivity contribution < 1.29 is 31.9 Å². The lowest BCUT2D eigenvalue weighted by Crippen LogP contribution is -2.59. The van der Waals surface area contributed by atoms with E-state index in [0.717, 1.165) is 31.7 Å². The number of alkyl halides is 3. The first-order chi connectivity index (χ1) is 16.5. The predicted molar refractivity (Wildman–Crippen MR) is 119 cm³/mol. The molecule has 0 aromatic heterocycles. The van der Waals surface area contributed by atoms with Crippen molar-refractivity contribution in [1.29, 1.82) is 0 Å². The molecule has 11 heteroatoms. The molecule has 1 saturated carbocycles. The summed E-state index contributed by atoms with van der Waals surface area (Å²) in [5.41, 5.74) is -1.60. The van der Waals surface area contributed by atoms with Crippen molar-refractivity contribution in [3.8, 4) is 0 Å². The summed E-state index contributed by atoms with van der Waals surface area (Å²) < 4.78 is 52.7. The van der Waals surface area contributed by atoms with Crippen molar-refractivity contribution in [3.05, 3.63) is 35.1 Å². The molecular weight excluding hydrogens is 468 g/mol. The average Bonchev–Trinajstić information content (AvgIpc) is 2.80. The van der Waals surface area contributed by atoms with Crippen LogP contribution in [0.2, 0.25) is 0 Å². The predicted octanol–water partition coefficient (Wildman–Crippen LogP) is 2.41. The molecule has 7 nitrogen and oxygen atoms in total. The molecule has 2 aliphatic heterocycles. The molecule has 4 unspecified atom stereocenters. The summed E-state index contributed by atoms with van der Waals surface area (Å²) >= 11 is 0. The molecule has 3 fully saturated rings. The largest absolute Gasteiger partial charge is 0.419 e. The number of piperidine rings is 1. The van der Waals surface area contributed by atoms with Gasteiger partial charge in [-0.25, -0.2) is 4.39 Å². The molecule has 0 bridgehead atoms. The number of amides is 3. The van der Waals surface area contributed by atoms with Gasteiger partial charge >= 0.3 is 6.18 Å². The zero-order valence-electron chi connectivity index (χ0n) is 19.5. The van der Waals surface area contributed by atoms with Crippen LogP contribution in [0.5, 0.6) is 0 Å². The van der Waals surface area contributed by atoms with Crippen LogP contribution >= 0.6 is 0 Å². The number of nitrogens with one attached hydrogen (secondary N) is 2. The van der Waals surface area contributed by atoms with Crippen LogP contribution in [0.3, 0.4) is 0 Å². The van der Waals surface area contributed by atoms with Crippen molar-refractivity contribution in [2.45, 2.75) is 50.4 Å². The highest BCUT2D eigenvalue weighted by molar-refractivity contribution is 5.94. The van der Waals surface area contributed by atoms with E-state index in [1.54, 1.807) is 0 Å². The summed E-state index contributed by atoms with van der Waals surface area (Å²) in [5.74, 6) is -2.79. The van der Waals surface area contributed by atoms with Crippen LogP contribution in [0.25, 0.3) is 0 Å². The molecule has 2 N–H and O–H groups in total. The van der Waals surface area contributed by atoms with Gasteiger partial charge in [-0.15, -0.1) is 0 Å². The fourth-order valence-corrected chi connectivity index (χ4v) is 5.57. The Morgan fingerprint density at radius 2 is 1.91 bits per heavy atom. The summed E-state index contributed by atoms with van der Waals surface area (Å²) in [6.45, 7) is 1.39. The number of benzene rings is 1. The first kappa shape index (κ1) is 25.4. The van der Waals surface area contributed by atoms with Crippen molar-refractivity contribution in [2.75, 3.05) is 33.2 Å². The number of carbonyl (C=O) groups excluding carboxylic acids is 3. The van der Waals surface area contributed by atoms with Gasteiger partial charge in [0.15, 0.2) is 0 Å². The maximum absolute atomic E-state index is 14.1. The lowest BCUT2D eigenvalue weighted by Gasteiger charge is -2.42. The fourth-order valence-electron chi connectivity index (χ4n) is 5.57. The van der Waals surface area contributed by atoms with E-state index in [1.165, 1.54) is 4.90 Å². The molecule has 35 heavy (non-hydrogen) atoms. The molecular formula is C24H30F4N4O3. The third-order valence-corrected chi connectivity index (χ3v) is 7.40. The van der Waals surface area contributed by atoms with Crippen molar-refractivity contribution in [2.24, 2.45) is 11.8 Å². The lowest BCUT2D eigenvalue weighted by molar-refractivity contribution is -0.140. The summed E-state index contributed by atoms with van der Waals surface area (Å²) in [5, 5.41) is 5.90. The molecule has 4 atom stereocenters. The highest BCUT2D eigenvalue weighted by Crippen LogP contribution is 2.35. The van der Waals surface area contributed by atoms with Gasteiger partial charge in [-0.2, -0.15) is 13.2 Å². The average molecular weight is 499 g/mol. The van der Waals surface area contributed by atoms with Crippen molar-refractivity contribution >= 4 is 17.7 Å². The van der Waals surface area contributed by atoms with Gasteiger partial charge in [-0.05, 0) is 44.0 Å². The number of hydrogen-bond donors (Lipinski definition) is 2. The maximum Gasteiger partial charge on any atom is 0.419 e. The number of likely N-dealkylation sites (N-methyl/N-ethyl adjacent to an activating group) is 1. The highest BCUT2D eigenvalue weighted by Gasteiger charge is 2.42. The number of halogens is 4. The monoisotopic (exact) mass is 498 g/mol. The van der Waals surface area contributed by atoms with Gasteiger partial charge in [-0.3, -0.25) is 14.4 Å². The van der Waals surface area contributed by atoms with Gasteiger partial charge in [0.25, 0.3) is 5.91 Å². The van der Waals surface area contributed by atoms with Crippen LogP contribution in [0, 0.1) is 17.7 Å². The number of carbonyl (C=O) groups is 3. The van der Waals surface area contributed by atoms with Gasteiger partial charge in [0.05, 0.1) is 17.5 Å². The lowest BCUT2D eigenvalue weighted by atomic mass is 9.72. The third kappa shape index (κ3) is 5.60. The Labute approximate surface area is 201 Å². The van der Waals surface area contributed by atoms with Crippen LogP contribution in [0.15, 0.2) is 18.2 Å². The van der Waals surface area contributed by atoms with Crippen LogP contribution in [0.1, 0.15) is 48.0 Å². The zero-order chi connectivity index (χ0) is 25.3. The quantitative estimate of drug-likeness (QED) is 0.625. The number of nitrogens with zero attached hydrogens (tertiary/aromatic N) is 2. The van der Waals surface area contributed by atoms with Gasteiger partial charge < -0.3 is 20.4 Å². The van der Waals surface area contributed by atoms with Gasteiger partial charge in [-0.1, -0.05) is 12.8 Å². The zero-order valence-corrected chi connectivity index (χ0v) is 19.5. The molecule has 192 valence electrons. The third-order valence-electron chi connectivity index (χ3n) is 7.40. The minimum Gasteiger partial charge on any atom is -0.354 e. The van der Waals surface area contributed by atoms with E-state index in [-0.39, 0.29) is 48.8 Å². The minimum absolute atomic E-state index is 0.00852. The molecule has 4 rings (SSSR count). The van der Waals surface area contributed by atoms with Crippen molar-refractivity contribution in [3.63, 3.8) is 0 Å². The molecule has 2 saturated heterocycles. The second-order valence-electron chi connectivity index (χ2n) is 9.79. The van der Waals surface area contributed by atoms with E-state index >= 15 is 0 Å². The van der Waals surface area contributed by atoms with E-state index in [0.29, 0.717) is 25.2 Å². The number of rotatable bonds is 4. The fraction of sp³-hybridized carbons (Fsp3) is 0.625. The normalized spacial score (nSPS) is 27.7. The first-order valence-electron chi connectivity index (χ1n) is 12.0. The smallest absolute Gasteiger partial charge is 0.354 e.